The van der Waals surface area contributed by atoms with Crippen LogP contribution in [0.5, 0.6) is 0 Å². The number of amides is 1. The maximum Gasteiger partial charge on any atom is 0.239 e. The van der Waals surface area contributed by atoms with Crippen molar-refractivity contribution in [2.75, 3.05) is 4.90 Å². The summed E-state index contributed by atoms with van der Waals surface area (Å²) in [7, 11) is 0. The molecule has 0 saturated heterocycles. The molecule has 3 nitrogen and oxygen atoms in total. The molecule has 33 heavy (non-hydrogen) atoms. The molecule has 6 rings (SSSR count). The first-order chi connectivity index (χ1) is 16.2. The molecule has 4 aromatic carbocycles. The minimum atomic E-state index is -0.861. The number of fused-ring (bicyclic) bond motifs is 2. The number of anilines is 1. The normalized spacial score (nSPS) is 22.9. The number of hydrogen-bond donors (Lipinski definition) is 0. The number of rotatable bonds is 5. The van der Waals surface area contributed by atoms with Crippen molar-refractivity contribution in [2.24, 2.45) is 5.92 Å². The van der Waals surface area contributed by atoms with Crippen molar-refractivity contribution >= 4 is 17.4 Å². The summed E-state index contributed by atoms with van der Waals surface area (Å²) in [4.78, 5) is 29.9. The van der Waals surface area contributed by atoms with Crippen LogP contribution in [0.4, 0.5) is 5.69 Å². The van der Waals surface area contributed by atoms with Gasteiger partial charge in [-0.2, -0.15) is 0 Å². The van der Waals surface area contributed by atoms with Gasteiger partial charge in [-0.15, -0.1) is 0 Å². The molecule has 4 aromatic rings. The predicted octanol–water partition coefficient (Wildman–Crippen LogP) is 5.77. The van der Waals surface area contributed by atoms with E-state index in [1.165, 1.54) is 0 Å². The van der Waals surface area contributed by atoms with Crippen LogP contribution < -0.4 is 4.90 Å². The number of Topliss-reactive ketones (excluding diaryl/α,β-unsaturated/α-hetero) is 1. The highest BCUT2D eigenvalue weighted by molar-refractivity contribution is 6.18. The van der Waals surface area contributed by atoms with E-state index in [9.17, 15) is 9.59 Å². The Kier molecular flexibility index (Phi) is 4.51. The van der Waals surface area contributed by atoms with E-state index >= 15 is 0 Å². The largest absolute Gasteiger partial charge is 0.307 e. The Bertz CT molecular complexity index is 1330. The fourth-order valence-corrected chi connectivity index (χ4v) is 5.67. The van der Waals surface area contributed by atoms with Gasteiger partial charge in [-0.05, 0) is 22.8 Å². The number of para-hydroxylation sites is 1. The molecule has 1 heterocycles. The highest BCUT2D eigenvalue weighted by Crippen LogP contribution is 2.71. The van der Waals surface area contributed by atoms with E-state index in [4.69, 9.17) is 0 Å². The van der Waals surface area contributed by atoms with Gasteiger partial charge in [0.25, 0.3) is 0 Å². The van der Waals surface area contributed by atoms with Crippen molar-refractivity contribution in [2.45, 2.75) is 17.9 Å². The predicted molar refractivity (Wildman–Crippen MR) is 129 cm³/mol. The second kappa shape index (κ2) is 7.56. The van der Waals surface area contributed by atoms with Crippen molar-refractivity contribution in [1.82, 2.24) is 0 Å². The number of ketones is 1. The van der Waals surface area contributed by atoms with E-state index in [1.54, 1.807) is 0 Å². The summed E-state index contributed by atoms with van der Waals surface area (Å²) in [5.74, 6) is -0.539. The molecule has 3 heteroatoms. The zero-order valence-electron chi connectivity index (χ0n) is 18.1. The molecule has 3 unspecified atom stereocenters. The van der Waals surface area contributed by atoms with E-state index in [0.717, 1.165) is 22.4 Å². The van der Waals surface area contributed by atoms with E-state index in [1.807, 2.05) is 120 Å². The van der Waals surface area contributed by atoms with Crippen LogP contribution in [0.15, 0.2) is 115 Å². The second-order valence-corrected chi connectivity index (χ2v) is 8.86. The van der Waals surface area contributed by atoms with E-state index in [-0.39, 0.29) is 17.6 Å². The number of nitrogens with zero attached hydrogens (tertiary/aromatic N) is 1. The molecule has 160 valence electrons. The van der Waals surface area contributed by atoms with Gasteiger partial charge < -0.3 is 4.90 Å². The molecular formula is C30H23NO2. The monoisotopic (exact) mass is 429 g/mol. The van der Waals surface area contributed by atoms with Crippen molar-refractivity contribution in [3.8, 4) is 0 Å². The van der Waals surface area contributed by atoms with Crippen LogP contribution in [0.25, 0.3) is 0 Å². The minimum absolute atomic E-state index is 0.0238. The Labute approximate surface area is 193 Å². The molecule has 0 N–H and O–H groups in total. The van der Waals surface area contributed by atoms with Gasteiger partial charge in [-0.25, -0.2) is 0 Å². The molecule has 0 aromatic heterocycles. The van der Waals surface area contributed by atoms with Gasteiger partial charge in [0.1, 0.15) is 0 Å². The van der Waals surface area contributed by atoms with Gasteiger partial charge in [0, 0.05) is 23.1 Å². The van der Waals surface area contributed by atoms with Gasteiger partial charge >= 0.3 is 0 Å². The molecule has 1 aliphatic heterocycles. The third kappa shape index (κ3) is 2.89. The van der Waals surface area contributed by atoms with Crippen LogP contribution in [-0.4, -0.2) is 11.7 Å². The summed E-state index contributed by atoms with van der Waals surface area (Å²) in [5.41, 5.74) is 3.79. The molecular weight excluding hydrogens is 406 g/mol. The highest BCUT2D eigenvalue weighted by atomic mass is 16.2. The standard InChI is InChI=1S/C30H23NO2/c32-28(23-16-8-3-9-17-23)27-26(22-14-6-2-7-15-22)30(27)24-18-10-11-19-25(24)31(29(30)33)20-21-12-4-1-5-13-21/h1-19,26-27H,20H2. The average Bonchev–Trinajstić information content (AvgIpc) is 3.53. The third-order valence-corrected chi connectivity index (χ3v) is 7.13. The molecule has 1 aliphatic carbocycles. The van der Waals surface area contributed by atoms with E-state index in [0.29, 0.717) is 12.1 Å². The average molecular weight is 430 g/mol. The Morgan fingerprint density at radius 3 is 2.00 bits per heavy atom. The summed E-state index contributed by atoms with van der Waals surface area (Å²) < 4.78 is 0. The zero-order valence-corrected chi connectivity index (χ0v) is 18.1. The van der Waals surface area contributed by atoms with Crippen LogP contribution in [-0.2, 0) is 16.8 Å². The Hall–Kier alpha value is -3.98. The molecule has 0 bridgehead atoms. The lowest BCUT2D eigenvalue weighted by Gasteiger charge is -2.18. The SMILES string of the molecule is O=C(c1ccccc1)C1C(c2ccccc2)C12C(=O)N(Cc1ccccc1)c1ccccc12. The molecule has 1 saturated carbocycles. The first-order valence-electron chi connectivity index (χ1n) is 11.3. The number of carbonyl (C=O) groups is 2. The maximum atomic E-state index is 14.3. The Morgan fingerprint density at radius 1 is 0.727 bits per heavy atom. The van der Waals surface area contributed by atoms with E-state index in [2.05, 4.69) is 0 Å². The molecule has 0 radical (unpaired) electrons. The summed E-state index contributed by atoms with van der Waals surface area (Å²) in [6.45, 7) is 0.492. The topological polar surface area (TPSA) is 37.4 Å². The van der Waals surface area contributed by atoms with Crippen LogP contribution >= 0.6 is 0 Å². The van der Waals surface area contributed by atoms with E-state index < -0.39 is 11.3 Å². The van der Waals surface area contributed by atoms with Gasteiger partial charge in [0.15, 0.2) is 5.78 Å². The van der Waals surface area contributed by atoms with Crippen molar-refractivity contribution in [3.63, 3.8) is 0 Å². The van der Waals surface area contributed by atoms with Crippen LogP contribution in [0, 0.1) is 5.92 Å². The van der Waals surface area contributed by atoms with Crippen molar-refractivity contribution in [3.05, 3.63) is 138 Å². The second-order valence-electron chi connectivity index (χ2n) is 8.86. The quantitative estimate of drug-likeness (QED) is 0.378. The molecule has 1 amide bonds. The highest BCUT2D eigenvalue weighted by Gasteiger charge is 2.77. The minimum Gasteiger partial charge on any atom is -0.307 e. The fraction of sp³-hybridized carbons (Fsp3) is 0.133. The van der Waals surface area contributed by atoms with Gasteiger partial charge in [0.05, 0.1) is 12.0 Å². The molecule has 2 aliphatic rings. The summed E-state index contributed by atoms with van der Waals surface area (Å²) in [6.07, 6.45) is 0. The Morgan fingerprint density at radius 2 is 1.30 bits per heavy atom. The van der Waals surface area contributed by atoms with Crippen LogP contribution in [0.3, 0.4) is 0 Å². The van der Waals surface area contributed by atoms with Crippen molar-refractivity contribution < 1.29 is 9.59 Å². The molecule has 1 spiro atoms. The number of benzene rings is 4. The first kappa shape index (κ1) is 19.7. The molecule has 3 atom stereocenters. The third-order valence-electron chi connectivity index (χ3n) is 7.13. The van der Waals surface area contributed by atoms with Gasteiger partial charge in [-0.3, -0.25) is 9.59 Å². The summed E-state index contributed by atoms with van der Waals surface area (Å²) in [6, 6.07) is 37.4. The number of hydrogen-bond acceptors (Lipinski definition) is 2. The smallest absolute Gasteiger partial charge is 0.239 e. The number of carbonyl (C=O) groups excluding carboxylic acids is 2. The zero-order chi connectivity index (χ0) is 22.4. The summed E-state index contributed by atoms with van der Waals surface area (Å²) in [5, 5.41) is 0. The van der Waals surface area contributed by atoms with Gasteiger partial charge in [-0.1, -0.05) is 109 Å². The Balaban J connectivity index is 1.50. The first-order valence-corrected chi connectivity index (χ1v) is 11.3. The lowest BCUT2D eigenvalue weighted by Crippen LogP contribution is -2.34. The fourth-order valence-electron chi connectivity index (χ4n) is 5.67. The maximum absolute atomic E-state index is 14.3. The van der Waals surface area contributed by atoms with Crippen LogP contribution in [0.1, 0.15) is 33.0 Å². The van der Waals surface area contributed by atoms with Gasteiger partial charge in [0.2, 0.25) is 5.91 Å². The lowest BCUT2D eigenvalue weighted by atomic mass is 9.90. The van der Waals surface area contributed by atoms with Crippen LogP contribution in [0.2, 0.25) is 0 Å². The lowest BCUT2D eigenvalue weighted by molar-refractivity contribution is -0.120. The summed E-state index contributed by atoms with van der Waals surface area (Å²) >= 11 is 0. The molecule has 1 fully saturated rings. The van der Waals surface area contributed by atoms with Crippen molar-refractivity contribution in [1.29, 1.82) is 0 Å².